The van der Waals surface area contributed by atoms with Crippen LogP contribution in [0.3, 0.4) is 0 Å². The Labute approximate surface area is 164 Å². The second kappa shape index (κ2) is 9.16. The van der Waals surface area contributed by atoms with Gasteiger partial charge in [-0.1, -0.05) is 30.3 Å². The molecule has 1 aromatic heterocycles. The molecular weight excluding hydrogens is 358 g/mol. The van der Waals surface area contributed by atoms with Crippen molar-refractivity contribution in [3.05, 3.63) is 42.7 Å². The molecule has 8 nitrogen and oxygen atoms in total. The zero-order valence-electron chi connectivity index (χ0n) is 16.0. The monoisotopic (exact) mass is 383 g/mol. The molecule has 1 saturated heterocycles. The fraction of sp³-hybridized carbons (Fsp3) is 0.400. The molecule has 28 heavy (non-hydrogen) atoms. The first-order chi connectivity index (χ1) is 13.6. The van der Waals surface area contributed by atoms with Crippen molar-refractivity contribution in [1.29, 1.82) is 0 Å². The highest BCUT2D eigenvalue weighted by Gasteiger charge is 2.26. The Morgan fingerprint density at radius 3 is 2.39 bits per heavy atom. The summed E-state index contributed by atoms with van der Waals surface area (Å²) in [7, 11) is 0. The van der Waals surface area contributed by atoms with E-state index < -0.39 is 11.8 Å². The number of piperazine rings is 1. The van der Waals surface area contributed by atoms with Crippen LogP contribution in [-0.4, -0.2) is 69.8 Å². The summed E-state index contributed by atoms with van der Waals surface area (Å²) in [4.78, 5) is 43.2. The lowest BCUT2D eigenvalue weighted by Gasteiger charge is -2.33. The smallest absolute Gasteiger partial charge is 0.312 e. The molecule has 0 atom stereocenters. The molecule has 1 aromatic carbocycles. The highest BCUT2D eigenvalue weighted by Crippen LogP contribution is 2.16. The Morgan fingerprint density at radius 1 is 1.04 bits per heavy atom. The van der Waals surface area contributed by atoms with Crippen LogP contribution >= 0.6 is 0 Å². The van der Waals surface area contributed by atoms with Gasteiger partial charge in [0.1, 0.15) is 5.82 Å². The first kappa shape index (κ1) is 19.6. The molecule has 148 valence electrons. The summed E-state index contributed by atoms with van der Waals surface area (Å²) in [6.07, 6.45) is 4.35. The Hall–Kier alpha value is -3.16. The number of carbonyl (C=O) groups excluding carboxylic acids is 3. The van der Waals surface area contributed by atoms with Crippen molar-refractivity contribution >= 4 is 17.7 Å². The van der Waals surface area contributed by atoms with Gasteiger partial charge in [-0.05, 0) is 6.42 Å². The molecule has 3 rings (SSSR count). The number of imidazole rings is 1. The molecule has 1 aliphatic heterocycles. The number of aryl methyl sites for hydroxylation is 1. The quantitative estimate of drug-likeness (QED) is 0.610. The number of hydrogen-bond donors (Lipinski definition) is 1. The first-order valence-electron chi connectivity index (χ1n) is 9.45. The van der Waals surface area contributed by atoms with Gasteiger partial charge < -0.3 is 19.7 Å². The molecule has 0 saturated carbocycles. The van der Waals surface area contributed by atoms with Gasteiger partial charge in [-0.15, -0.1) is 0 Å². The molecule has 0 radical (unpaired) electrons. The number of benzene rings is 1. The van der Waals surface area contributed by atoms with Crippen molar-refractivity contribution in [2.75, 3.05) is 32.7 Å². The SMILES string of the molecule is CC(=O)N1CCN(C(=O)C(=O)NCCCn2ccnc2-c2ccccc2)CC1. The predicted octanol–water partition coefficient (Wildman–Crippen LogP) is 0.747. The summed E-state index contributed by atoms with van der Waals surface area (Å²) in [5, 5.41) is 2.69. The van der Waals surface area contributed by atoms with Crippen LogP contribution in [0.4, 0.5) is 0 Å². The maximum Gasteiger partial charge on any atom is 0.312 e. The van der Waals surface area contributed by atoms with Crippen molar-refractivity contribution in [2.45, 2.75) is 19.9 Å². The van der Waals surface area contributed by atoms with Crippen molar-refractivity contribution in [3.8, 4) is 11.4 Å². The lowest BCUT2D eigenvalue weighted by molar-refractivity contribution is -0.148. The second-order valence-electron chi connectivity index (χ2n) is 6.72. The van der Waals surface area contributed by atoms with Gasteiger partial charge in [-0.25, -0.2) is 4.98 Å². The van der Waals surface area contributed by atoms with Gasteiger partial charge in [-0.3, -0.25) is 14.4 Å². The van der Waals surface area contributed by atoms with Crippen LogP contribution in [0, 0.1) is 0 Å². The minimum atomic E-state index is -0.592. The lowest BCUT2D eigenvalue weighted by atomic mass is 10.2. The van der Waals surface area contributed by atoms with Gasteiger partial charge in [-0.2, -0.15) is 0 Å². The molecule has 3 amide bonds. The van der Waals surface area contributed by atoms with Crippen molar-refractivity contribution in [3.63, 3.8) is 0 Å². The Morgan fingerprint density at radius 2 is 1.71 bits per heavy atom. The van der Waals surface area contributed by atoms with Gasteiger partial charge in [0, 0.05) is 64.1 Å². The largest absolute Gasteiger partial charge is 0.348 e. The average Bonchev–Trinajstić information content (AvgIpc) is 3.19. The Balaban J connectivity index is 1.42. The number of aromatic nitrogens is 2. The van der Waals surface area contributed by atoms with E-state index in [4.69, 9.17) is 0 Å². The van der Waals surface area contributed by atoms with Crippen molar-refractivity contribution < 1.29 is 14.4 Å². The molecule has 1 fully saturated rings. The van der Waals surface area contributed by atoms with Crippen LogP contribution in [0.15, 0.2) is 42.7 Å². The molecule has 0 bridgehead atoms. The topological polar surface area (TPSA) is 87.5 Å². The zero-order valence-corrected chi connectivity index (χ0v) is 16.0. The highest BCUT2D eigenvalue weighted by molar-refractivity contribution is 6.35. The van der Waals surface area contributed by atoms with Crippen molar-refractivity contribution in [1.82, 2.24) is 24.7 Å². The van der Waals surface area contributed by atoms with Gasteiger partial charge in [0.15, 0.2) is 0 Å². The number of hydrogen-bond acceptors (Lipinski definition) is 4. The molecule has 2 heterocycles. The molecule has 0 unspecified atom stereocenters. The molecule has 0 spiro atoms. The van der Waals surface area contributed by atoms with Crippen LogP contribution in [0.1, 0.15) is 13.3 Å². The van der Waals surface area contributed by atoms with E-state index in [9.17, 15) is 14.4 Å². The zero-order chi connectivity index (χ0) is 19.9. The van der Waals surface area contributed by atoms with E-state index in [2.05, 4.69) is 10.3 Å². The minimum Gasteiger partial charge on any atom is -0.348 e. The van der Waals surface area contributed by atoms with Crippen LogP contribution < -0.4 is 5.32 Å². The number of carbonyl (C=O) groups is 3. The number of rotatable bonds is 5. The summed E-state index contributed by atoms with van der Waals surface area (Å²) in [5.41, 5.74) is 1.04. The summed E-state index contributed by atoms with van der Waals surface area (Å²) < 4.78 is 2.03. The van der Waals surface area contributed by atoms with E-state index in [1.54, 1.807) is 11.1 Å². The third kappa shape index (κ3) is 4.76. The summed E-state index contributed by atoms with van der Waals surface area (Å²) >= 11 is 0. The van der Waals surface area contributed by atoms with Gasteiger partial charge >= 0.3 is 11.8 Å². The van der Waals surface area contributed by atoms with Crippen LogP contribution in [-0.2, 0) is 20.9 Å². The number of nitrogens with one attached hydrogen (secondary N) is 1. The van der Waals surface area contributed by atoms with Gasteiger partial charge in [0.2, 0.25) is 5.91 Å². The molecule has 8 heteroatoms. The molecule has 2 aromatic rings. The highest BCUT2D eigenvalue weighted by atomic mass is 16.2. The van der Waals surface area contributed by atoms with Gasteiger partial charge in [0.25, 0.3) is 0 Å². The molecule has 1 aliphatic rings. The molecular formula is C20H25N5O3. The Kier molecular flexibility index (Phi) is 6.41. The van der Waals surface area contributed by atoms with E-state index in [0.29, 0.717) is 45.7 Å². The lowest BCUT2D eigenvalue weighted by Crippen LogP contribution is -2.53. The molecule has 0 aliphatic carbocycles. The van der Waals surface area contributed by atoms with E-state index >= 15 is 0 Å². The minimum absolute atomic E-state index is 0.00840. The fourth-order valence-electron chi connectivity index (χ4n) is 3.23. The van der Waals surface area contributed by atoms with Crippen LogP contribution in [0.5, 0.6) is 0 Å². The van der Waals surface area contributed by atoms with Crippen LogP contribution in [0.25, 0.3) is 11.4 Å². The third-order valence-corrected chi connectivity index (χ3v) is 4.82. The van der Waals surface area contributed by atoms with Gasteiger partial charge in [0.05, 0.1) is 0 Å². The summed E-state index contributed by atoms with van der Waals surface area (Å²) in [6.45, 7) is 4.32. The van der Waals surface area contributed by atoms with E-state index in [1.165, 1.54) is 11.8 Å². The second-order valence-corrected chi connectivity index (χ2v) is 6.72. The number of nitrogens with zero attached hydrogens (tertiary/aromatic N) is 4. The summed E-state index contributed by atoms with van der Waals surface area (Å²) in [6, 6.07) is 9.91. The maximum absolute atomic E-state index is 12.2. The Bertz CT molecular complexity index is 825. The van der Waals surface area contributed by atoms with E-state index in [0.717, 1.165) is 11.4 Å². The predicted molar refractivity (Wildman–Crippen MR) is 104 cm³/mol. The average molecular weight is 383 g/mol. The van der Waals surface area contributed by atoms with Crippen molar-refractivity contribution in [2.24, 2.45) is 0 Å². The van der Waals surface area contributed by atoms with E-state index in [-0.39, 0.29) is 5.91 Å². The number of amides is 3. The van der Waals surface area contributed by atoms with Crippen LogP contribution in [0.2, 0.25) is 0 Å². The molecule has 1 N–H and O–H groups in total. The first-order valence-corrected chi connectivity index (χ1v) is 9.45. The maximum atomic E-state index is 12.2. The van der Waals surface area contributed by atoms with E-state index in [1.807, 2.05) is 41.1 Å². The normalized spacial score (nSPS) is 14.0. The fourth-order valence-corrected chi connectivity index (χ4v) is 3.23. The standard InChI is InChI=1S/C20H25N5O3/c1-16(26)23-12-14-25(15-13-23)20(28)19(27)22-8-5-10-24-11-9-21-18(24)17-6-3-2-4-7-17/h2-4,6-7,9,11H,5,8,10,12-15H2,1H3,(H,22,27). The summed E-state index contributed by atoms with van der Waals surface area (Å²) in [5.74, 6) is -0.252. The third-order valence-electron chi connectivity index (χ3n) is 4.82.